The average Bonchev–Trinajstić information content (AvgIpc) is 2.30. The van der Waals surface area contributed by atoms with E-state index in [0.29, 0.717) is 31.2 Å². The Labute approximate surface area is 116 Å². The second-order valence-corrected chi connectivity index (χ2v) is 5.24. The van der Waals surface area contributed by atoms with Gasteiger partial charge in [0.05, 0.1) is 0 Å². The van der Waals surface area contributed by atoms with E-state index in [-0.39, 0.29) is 5.91 Å². The summed E-state index contributed by atoms with van der Waals surface area (Å²) in [7, 11) is 3.76. The van der Waals surface area contributed by atoms with Gasteiger partial charge in [-0.15, -0.1) is 0 Å². The monoisotopic (exact) mass is 431 g/mol. The van der Waals surface area contributed by atoms with E-state index >= 15 is 0 Å². The van der Waals surface area contributed by atoms with Gasteiger partial charge in [-0.1, -0.05) is 0 Å². The van der Waals surface area contributed by atoms with Gasteiger partial charge in [0, 0.05) is 0 Å². The number of rotatable bonds is 6. The molecule has 1 radical (unpaired) electrons. The molecule has 0 aliphatic carbocycles. The molecular weight excluding hydrogens is 415 g/mol. The van der Waals surface area contributed by atoms with E-state index in [2.05, 4.69) is 20.3 Å². The fourth-order valence-corrected chi connectivity index (χ4v) is 1.87. The summed E-state index contributed by atoms with van der Waals surface area (Å²) < 4.78 is 0.947. The number of amides is 1. The number of nitrogens with zero attached hydrogens (tertiary/aromatic N) is 4. The molecule has 1 heterocycles. The fraction of sp³-hybridized carbons (Fsp3) is 0.600. The number of anilines is 1. The molecule has 0 spiro atoms. The predicted molar refractivity (Wildman–Crippen MR) is 66.0 cm³/mol. The maximum atomic E-state index is 11.2. The van der Waals surface area contributed by atoms with Gasteiger partial charge in [-0.25, -0.2) is 0 Å². The van der Waals surface area contributed by atoms with Crippen LogP contribution < -0.4 is 10.2 Å². The van der Waals surface area contributed by atoms with Gasteiger partial charge < -0.3 is 0 Å². The number of aromatic nitrogens is 3. The van der Waals surface area contributed by atoms with Crippen molar-refractivity contribution in [2.75, 3.05) is 25.5 Å². The van der Waals surface area contributed by atoms with Crippen molar-refractivity contribution in [3.8, 4) is 0 Å². The van der Waals surface area contributed by atoms with Crippen molar-refractivity contribution in [2.24, 2.45) is 0 Å². The molecule has 1 rings (SSSR count). The van der Waals surface area contributed by atoms with Crippen LogP contribution in [0, 0.1) is 0 Å². The Morgan fingerprint density at radius 2 is 2.24 bits per heavy atom. The molecule has 0 saturated carbocycles. The minimum absolute atomic E-state index is 0.0990. The standard InChI is InChI=1S/C10H16N5O.Po/c1-4-9(16)11-6-5-8-12-7-13-10(14-8)15(2)3;/h7H,1,4-6H2,2-3H3,(H,11,16);. The van der Waals surface area contributed by atoms with E-state index in [9.17, 15) is 4.79 Å². The van der Waals surface area contributed by atoms with Crippen LogP contribution in [0.4, 0.5) is 5.95 Å². The number of carbonyl (C=O) groups excluding carboxylic acids is 1. The Kier molecular flexibility index (Phi) is 6.27. The zero-order valence-electron chi connectivity index (χ0n) is 10.0. The topological polar surface area (TPSA) is 71.0 Å². The van der Waals surface area contributed by atoms with Crippen molar-refractivity contribution in [1.82, 2.24) is 20.3 Å². The molecule has 0 atom stereocenters. The first kappa shape index (κ1) is 14.2. The molecule has 7 heteroatoms. The molecule has 1 N–H and O–H groups in total. The molecule has 0 aliphatic rings. The first-order valence-corrected chi connectivity index (χ1v) is 7.58. The quantitative estimate of drug-likeness (QED) is 0.663. The van der Waals surface area contributed by atoms with Gasteiger partial charge in [0.25, 0.3) is 0 Å². The molecule has 17 heavy (non-hydrogen) atoms. The van der Waals surface area contributed by atoms with Crippen molar-refractivity contribution in [1.29, 1.82) is 0 Å². The van der Waals surface area contributed by atoms with Crippen LogP contribution in [-0.4, -0.2) is 66.6 Å². The second-order valence-electron chi connectivity index (χ2n) is 3.65. The predicted octanol–water partition coefficient (Wildman–Crippen LogP) is -0.427. The summed E-state index contributed by atoms with van der Waals surface area (Å²) in [6.45, 7) is 0.574. The molecule has 0 unspecified atom stereocenters. The number of hydrogen-bond acceptors (Lipinski definition) is 5. The summed E-state index contributed by atoms with van der Waals surface area (Å²) in [6, 6.07) is 0. The summed E-state index contributed by atoms with van der Waals surface area (Å²) in [5.41, 5.74) is 0. The van der Waals surface area contributed by atoms with E-state index in [1.165, 1.54) is 31.4 Å². The summed E-state index contributed by atoms with van der Waals surface area (Å²) in [4.78, 5) is 25.4. The maximum absolute atomic E-state index is 11.2. The van der Waals surface area contributed by atoms with E-state index in [4.69, 9.17) is 0 Å². The SMILES string of the molecule is CN(C)c1ncnc(CCNC(=O)C[CH2][Po])n1. The van der Waals surface area contributed by atoms with Crippen LogP contribution in [0.3, 0.4) is 0 Å². The summed E-state index contributed by atoms with van der Waals surface area (Å²) >= 11 is 1.43. The minimum atomic E-state index is 0.0990. The van der Waals surface area contributed by atoms with Gasteiger partial charge in [-0.3, -0.25) is 0 Å². The molecule has 0 aromatic carbocycles. The fourth-order valence-electron chi connectivity index (χ4n) is 1.15. The van der Waals surface area contributed by atoms with E-state index in [1.807, 2.05) is 19.0 Å². The van der Waals surface area contributed by atoms with Gasteiger partial charge in [0.15, 0.2) is 0 Å². The first-order chi connectivity index (χ1) is 8.13. The Morgan fingerprint density at radius 3 is 2.88 bits per heavy atom. The van der Waals surface area contributed by atoms with Gasteiger partial charge in [-0.05, 0) is 0 Å². The van der Waals surface area contributed by atoms with Crippen LogP contribution in [0.25, 0.3) is 0 Å². The normalized spacial score (nSPS) is 10.1. The Balaban J connectivity index is 2.41. The molecule has 6 nitrogen and oxygen atoms in total. The molecule has 0 fully saturated rings. The third-order valence-electron chi connectivity index (χ3n) is 2.01. The third kappa shape index (κ3) is 5.36. The summed E-state index contributed by atoms with van der Waals surface area (Å²) in [6.07, 6.45) is 2.73. The summed E-state index contributed by atoms with van der Waals surface area (Å²) in [5.74, 6) is 1.44. The number of hydrogen-bond donors (Lipinski definition) is 1. The van der Waals surface area contributed by atoms with Crippen molar-refractivity contribution >= 4 is 36.9 Å². The van der Waals surface area contributed by atoms with Crippen LogP contribution in [0.2, 0.25) is 4.08 Å². The van der Waals surface area contributed by atoms with E-state index in [0.717, 1.165) is 4.08 Å². The Bertz CT molecular complexity index is 371. The van der Waals surface area contributed by atoms with Crippen molar-refractivity contribution in [3.63, 3.8) is 0 Å². The zero-order chi connectivity index (χ0) is 12.7. The van der Waals surface area contributed by atoms with Gasteiger partial charge >= 0.3 is 117 Å². The number of nitrogens with one attached hydrogen (secondary N) is 1. The van der Waals surface area contributed by atoms with Crippen molar-refractivity contribution < 1.29 is 4.79 Å². The van der Waals surface area contributed by atoms with Crippen LogP contribution in [0.1, 0.15) is 12.2 Å². The van der Waals surface area contributed by atoms with Crippen LogP contribution in [0.5, 0.6) is 0 Å². The van der Waals surface area contributed by atoms with Crippen LogP contribution >= 0.6 is 0 Å². The van der Waals surface area contributed by atoms with Crippen LogP contribution in [0.15, 0.2) is 6.33 Å². The van der Waals surface area contributed by atoms with Gasteiger partial charge in [0.2, 0.25) is 0 Å². The van der Waals surface area contributed by atoms with Gasteiger partial charge in [0.1, 0.15) is 0 Å². The second kappa shape index (κ2) is 7.49. The van der Waals surface area contributed by atoms with Gasteiger partial charge in [-0.2, -0.15) is 0 Å². The summed E-state index contributed by atoms with van der Waals surface area (Å²) in [5, 5.41) is 2.84. The average molecular weight is 431 g/mol. The molecule has 0 bridgehead atoms. The Hall–Kier alpha value is -0.824. The molecule has 1 aromatic heterocycles. The number of carbonyl (C=O) groups is 1. The van der Waals surface area contributed by atoms with Crippen molar-refractivity contribution in [2.45, 2.75) is 16.9 Å². The molecule has 1 amide bonds. The van der Waals surface area contributed by atoms with Crippen LogP contribution in [-0.2, 0) is 11.2 Å². The van der Waals surface area contributed by atoms with E-state index in [1.54, 1.807) is 0 Å². The molecule has 1 aromatic rings. The molecule has 93 valence electrons. The molecular formula is C10H16N5OPo. The molecule has 0 saturated heterocycles. The molecule has 0 aliphatic heterocycles. The Morgan fingerprint density at radius 1 is 1.47 bits per heavy atom. The first-order valence-electron chi connectivity index (χ1n) is 5.33. The van der Waals surface area contributed by atoms with Crippen molar-refractivity contribution in [3.05, 3.63) is 12.2 Å². The third-order valence-corrected chi connectivity index (χ3v) is 2.80. The zero-order valence-corrected chi connectivity index (χ0v) is 13.2. The van der Waals surface area contributed by atoms with E-state index < -0.39 is 0 Å².